The highest BCUT2D eigenvalue weighted by atomic mass is 16.7. The number of ether oxygens (including phenoxy) is 6. The molecule has 1 fully saturated rings. The normalized spacial score (nSPS) is 19.5. The number of nitro groups is 2. The molecule has 262 valence electrons. The molecule has 0 aliphatic carbocycles. The maximum atomic E-state index is 13.5. The average molecular weight is 701 g/mol. The molecule has 0 N–H and O–H groups in total. The van der Waals surface area contributed by atoms with Gasteiger partial charge in [-0.05, 0) is 43.3 Å². The van der Waals surface area contributed by atoms with Gasteiger partial charge in [-0.1, -0.05) is 54.6 Å². The largest absolute Gasteiger partial charge is 0.465 e. The molecule has 0 radical (unpaired) electrons. The van der Waals surface area contributed by atoms with Crippen LogP contribution in [0.3, 0.4) is 0 Å². The fourth-order valence-electron chi connectivity index (χ4n) is 5.13. The summed E-state index contributed by atoms with van der Waals surface area (Å²) < 4.78 is 34.1. The molecule has 1 aliphatic rings. The highest BCUT2D eigenvalue weighted by Crippen LogP contribution is 2.39. The van der Waals surface area contributed by atoms with Gasteiger partial charge in [0.25, 0.3) is 5.69 Å². The van der Waals surface area contributed by atoms with E-state index in [4.69, 9.17) is 28.4 Å². The quantitative estimate of drug-likeness (QED) is 0.0864. The minimum Gasteiger partial charge on any atom is -0.465 e. The van der Waals surface area contributed by atoms with E-state index < -0.39 is 87.1 Å². The molecule has 0 bridgehead atoms. The van der Waals surface area contributed by atoms with Crippen molar-refractivity contribution in [3.05, 3.63) is 146 Å². The van der Waals surface area contributed by atoms with Crippen molar-refractivity contribution in [1.82, 2.24) is 0 Å². The molecule has 51 heavy (non-hydrogen) atoms. The van der Waals surface area contributed by atoms with Gasteiger partial charge >= 0.3 is 29.6 Å². The fraction of sp³-hybridized carbons (Fsp3) is 0.200. The van der Waals surface area contributed by atoms with E-state index >= 15 is 0 Å². The minimum absolute atomic E-state index is 0.0254. The Balaban J connectivity index is 1.64. The topological polar surface area (TPSA) is 210 Å². The van der Waals surface area contributed by atoms with E-state index in [0.29, 0.717) is 12.1 Å². The van der Waals surface area contributed by atoms with Gasteiger partial charge < -0.3 is 28.4 Å². The molecule has 1 heterocycles. The predicted octanol–water partition coefficient (Wildman–Crippen LogP) is 5.09. The van der Waals surface area contributed by atoms with Crippen molar-refractivity contribution in [2.75, 3.05) is 7.11 Å². The zero-order valence-electron chi connectivity index (χ0n) is 26.8. The van der Waals surface area contributed by atoms with Crippen LogP contribution >= 0.6 is 0 Å². The van der Waals surface area contributed by atoms with Gasteiger partial charge in [-0.15, -0.1) is 0 Å². The molecule has 1 saturated heterocycles. The smallest absolute Gasteiger partial charge is 0.342 e. The maximum absolute atomic E-state index is 13.5. The maximum Gasteiger partial charge on any atom is 0.342 e. The number of benzene rings is 4. The van der Waals surface area contributed by atoms with Crippen LogP contribution in [-0.4, -0.2) is 71.5 Å². The molecule has 5 atom stereocenters. The second-order valence-electron chi connectivity index (χ2n) is 10.9. The summed E-state index contributed by atoms with van der Waals surface area (Å²) >= 11 is 0. The van der Waals surface area contributed by atoms with Gasteiger partial charge in [0, 0.05) is 6.07 Å². The van der Waals surface area contributed by atoms with E-state index in [1.165, 1.54) is 43.3 Å². The van der Waals surface area contributed by atoms with Crippen molar-refractivity contribution < 1.29 is 57.4 Å². The number of carbonyl (C=O) groups is 4. The Kier molecular flexibility index (Phi) is 11.0. The lowest BCUT2D eigenvalue weighted by molar-refractivity contribution is -0.395. The van der Waals surface area contributed by atoms with Crippen molar-refractivity contribution in [3.63, 3.8) is 0 Å². The Morgan fingerprint density at radius 2 is 1.08 bits per heavy atom. The number of nitro benzene ring substituents is 2. The van der Waals surface area contributed by atoms with Crippen LogP contribution < -0.4 is 4.74 Å². The minimum atomic E-state index is -1.92. The van der Waals surface area contributed by atoms with Gasteiger partial charge in [0.15, 0.2) is 12.2 Å². The van der Waals surface area contributed by atoms with Crippen LogP contribution in [0, 0.1) is 20.2 Å². The van der Waals surface area contributed by atoms with Crippen molar-refractivity contribution in [3.8, 4) is 5.75 Å². The highest BCUT2D eigenvalue weighted by Gasteiger charge is 2.53. The molecule has 16 nitrogen and oxygen atoms in total. The monoisotopic (exact) mass is 700 g/mol. The number of rotatable bonds is 11. The van der Waals surface area contributed by atoms with Crippen molar-refractivity contribution in [2.24, 2.45) is 0 Å². The molecule has 4 aromatic carbocycles. The highest BCUT2D eigenvalue weighted by molar-refractivity contribution is 5.95. The number of carbonyl (C=O) groups excluding carboxylic acids is 4. The van der Waals surface area contributed by atoms with E-state index in [9.17, 15) is 39.4 Å². The SMILES string of the molecule is COC(=O)c1cc([N+](=O)[O-])cc([N+](=O)[O-])c1O[C@H]1O[C@@H](C)[C@H](OC(=O)c2ccccc2)[C@@H](OC(=O)c2ccccc2)[C@@H]1OC(=O)c1ccccc1. The summed E-state index contributed by atoms with van der Waals surface area (Å²) in [6.45, 7) is 1.41. The Labute approximate surface area is 288 Å². The molecule has 0 amide bonds. The first-order valence-corrected chi connectivity index (χ1v) is 15.1. The third-order valence-corrected chi connectivity index (χ3v) is 7.59. The second-order valence-corrected chi connectivity index (χ2v) is 10.9. The van der Waals surface area contributed by atoms with Gasteiger partial charge in [-0.25, -0.2) is 19.2 Å². The van der Waals surface area contributed by atoms with E-state index in [-0.39, 0.29) is 16.7 Å². The molecule has 0 aromatic heterocycles. The van der Waals surface area contributed by atoms with Crippen LogP contribution in [0.1, 0.15) is 48.4 Å². The Bertz CT molecular complexity index is 1940. The summed E-state index contributed by atoms with van der Waals surface area (Å²) in [5.74, 6) is -4.88. The molecular formula is C35H28N2O14. The summed E-state index contributed by atoms with van der Waals surface area (Å²) in [6, 6.07) is 24.3. The predicted molar refractivity (Wildman–Crippen MR) is 173 cm³/mol. The lowest BCUT2D eigenvalue weighted by Gasteiger charge is -2.43. The summed E-state index contributed by atoms with van der Waals surface area (Å²) in [6.07, 6.45) is -8.19. The van der Waals surface area contributed by atoms with Crippen molar-refractivity contribution in [1.29, 1.82) is 0 Å². The zero-order chi connectivity index (χ0) is 36.7. The number of non-ortho nitro benzene ring substituents is 1. The Morgan fingerprint density at radius 1 is 0.627 bits per heavy atom. The molecule has 0 unspecified atom stereocenters. The number of methoxy groups -OCH3 is 1. The first-order valence-electron chi connectivity index (χ1n) is 15.1. The summed E-state index contributed by atoms with van der Waals surface area (Å²) in [5, 5.41) is 23.8. The third-order valence-electron chi connectivity index (χ3n) is 7.59. The first kappa shape index (κ1) is 35.6. The molecule has 16 heteroatoms. The van der Waals surface area contributed by atoms with Gasteiger partial charge in [-0.2, -0.15) is 0 Å². The van der Waals surface area contributed by atoms with Gasteiger partial charge in [0.05, 0.1) is 45.8 Å². The van der Waals surface area contributed by atoms with Gasteiger partial charge in [0.1, 0.15) is 5.56 Å². The average Bonchev–Trinajstić information content (AvgIpc) is 3.14. The lowest BCUT2D eigenvalue weighted by Crippen LogP contribution is -2.62. The van der Waals surface area contributed by atoms with E-state index in [0.717, 1.165) is 7.11 Å². The number of hydrogen-bond acceptors (Lipinski definition) is 14. The van der Waals surface area contributed by atoms with E-state index in [1.807, 2.05) is 0 Å². The van der Waals surface area contributed by atoms with Gasteiger partial charge in [-0.3, -0.25) is 20.2 Å². The third kappa shape index (κ3) is 8.14. The summed E-state index contributed by atoms with van der Waals surface area (Å²) in [7, 11) is 0.936. The van der Waals surface area contributed by atoms with Crippen molar-refractivity contribution >= 4 is 35.3 Å². The summed E-state index contributed by atoms with van der Waals surface area (Å²) in [4.78, 5) is 74.9. The molecule has 4 aromatic rings. The molecule has 0 spiro atoms. The Hall–Kier alpha value is -6.68. The zero-order valence-corrected chi connectivity index (χ0v) is 26.8. The number of hydrogen-bond donors (Lipinski definition) is 0. The van der Waals surface area contributed by atoms with Crippen molar-refractivity contribution in [2.45, 2.75) is 37.6 Å². The molecule has 5 rings (SSSR count). The number of nitrogens with zero attached hydrogens (tertiary/aromatic N) is 2. The summed E-state index contributed by atoms with van der Waals surface area (Å²) in [5.41, 5.74) is -2.39. The second kappa shape index (κ2) is 15.7. The first-order chi connectivity index (χ1) is 24.5. The van der Waals surface area contributed by atoms with Crippen LogP contribution in [0.4, 0.5) is 11.4 Å². The van der Waals surface area contributed by atoms with Crippen LogP contribution in [0.2, 0.25) is 0 Å². The Morgan fingerprint density at radius 3 is 1.51 bits per heavy atom. The van der Waals surface area contributed by atoms with Gasteiger partial charge in [0.2, 0.25) is 18.1 Å². The lowest BCUT2D eigenvalue weighted by atomic mass is 9.98. The molecular weight excluding hydrogens is 672 g/mol. The standard InChI is InChI=1S/C35H28N2O14/c1-20-27(48-31(38)21-12-6-3-7-13-21)29(49-32(39)22-14-8-4-9-15-22)30(50-33(40)23-16-10-5-11-17-23)35(47-20)51-28-25(34(41)46-2)18-24(36(42)43)19-26(28)37(44)45/h3-20,27,29-30,35H,1-2H3/t20-,27-,29+,30-,35+/m0/s1. The van der Waals surface area contributed by atoms with Crippen LogP contribution in [-0.2, 0) is 23.7 Å². The van der Waals surface area contributed by atoms with Crippen LogP contribution in [0.5, 0.6) is 5.75 Å². The van der Waals surface area contributed by atoms with E-state index in [1.54, 1.807) is 54.6 Å². The van der Waals surface area contributed by atoms with Crippen LogP contribution in [0.25, 0.3) is 0 Å². The van der Waals surface area contributed by atoms with Crippen LogP contribution in [0.15, 0.2) is 103 Å². The molecule has 0 saturated carbocycles. The van der Waals surface area contributed by atoms with E-state index in [2.05, 4.69) is 0 Å². The fourth-order valence-corrected chi connectivity index (χ4v) is 5.13. The molecule has 1 aliphatic heterocycles. The number of esters is 4.